The van der Waals surface area contributed by atoms with Crippen LogP contribution in [0.3, 0.4) is 0 Å². The Labute approximate surface area is 91.0 Å². The number of hydrogen-bond donors (Lipinski definition) is 0. The van der Waals surface area contributed by atoms with Gasteiger partial charge in [0.1, 0.15) is 6.29 Å². The summed E-state index contributed by atoms with van der Waals surface area (Å²) in [7, 11) is 0. The second-order valence-electron chi connectivity index (χ2n) is 2.84. The van der Waals surface area contributed by atoms with Gasteiger partial charge in [0.15, 0.2) is 0 Å². The molecule has 0 aliphatic carbocycles. The largest absolute Gasteiger partial charge is 0.298 e. The highest BCUT2D eigenvalue weighted by Gasteiger charge is 2.00. The summed E-state index contributed by atoms with van der Waals surface area (Å²) in [6.07, 6.45) is 0.838. The molecule has 0 radical (unpaired) electrons. The minimum absolute atomic E-state index is 0.691. The molecule has 1 aromatic heterocycles. The molecule has 0 aliphatic heterocycles. The van der Waals surface area contributed by atoms with Crippen LogP contribution in [0.2, 0.25) is 4.34 Å². The summed E-state index contributed by atoms with van der Waals surface area (Å²) in [5.74, 6) is 0. The summed E-state index contributed by atoms with van der Waals surface area (Å²) in [5, 5.41) is 0. The fourth-order valence-electron chi connectivity index (χ4n) is 1.20. The van der Waals surface area contributed by atoms with Gasteiger partial charge in [-0.05, 0) is 17.7 Å². The first kappa shape index (κ1) is 9.44. The molecule has 0 saturated carbocycles. The van der Waals surface area contributed by atoms with Crippen LogP contribution in [-0.2, 0) is 0 Å². The predicted molar refractivity (Wildman–Crippen MR) is 60.2 cm³/mol. The topological polar surface area (TPSA) is 17.1 Å². The Morgan fingerprint density at radius 1 is 1.07 bits per heavy atom. The van der Waals surface area contributed by atoms with Crippen LogP contribution in [0, 0.1) is 0 Å². The van der Waals surface area contributed by atoms with Crippen molar-refractivity contribution in [2.75, 3.05) is 0 Å². The average Bonchev–Trinajstić information content (AvgIpc) is 2.65. The summed E-state index contributed by atoms with van der Waals surface area (Å²) in [4.78, 5) is 11.6. The molecule has 0 bridgehead atoms. The number of halogens is 1. The van der Waals surface area contributed by atoms with Crippen LogP contribution in [-0.4, -0.2) is 6.29 Å². The Hall–Kier alpha value is -1.12. The minimum atomic E-state index is 0.691. The SMILES string of the molecule is O=Cc1ccc(-c2ccc(Cl)s2)cc1. The van der Waals surface area contributed by atoms with Crippen LogP contribution in [0.5, 0.6) is 0 Å². The highest BCUT2D eigenvalue weighted by molar-refractivity contribution is 7.19. The van der Waals surface area contributed by atoms with Crippen molar-refractivity contribution in [1.82, 2.24) is 0 Å². The Morgan fingerprint density at radius 2 is 1.79 bits per heavy atom. The summed E-state index contributed by atoms with van der Waals surface area (Å²) in [6, 6.07) is 11.3. The molecule has 70 valence electrons. The molecule has 0 N–H and O–H groups in total. The zero-order valence-corrected chi connectivity index (χ0v) is 8.81. The van der Waals surface area contributed by atoms with Gasteiger partial charge in [0.25, 0.3) is 0 Å². The zero-order valence-electron chi connectivity index (χ0n) is 7.24. The molecule has 0 saturated heterocycles. The Morgan fingerprint density at radius 3 is 2.29 bits per heavy atom. The maximum absolute atomic E-state index is 10.4. The van der Waals surface area contributed by atoms with Crippen LogP contribution in [0.15, 0.2) is 36.4 Å². The molecular formula is C11H7ClOS. The smallest absolute Gasteiger partial charge is 0.150 e. The van der Waals surface area contributed by atoms with Gasteiger partial charge in [-0.1, -0.05) is 35.9 Å². The first-order valence-corrected chi connectivity index (χ1v) is 5.30. The average molecular weight is 223 g/mol. The number of thiophene rings is 1. The molecule has 1 nitrogen and oxygen atoms in total. The van der Waals surface area contributed by atoms with E-state index in [1.165, 1.54) is 11.3 Å². The highest BCUT2D eigenvalue weighted by Crippen LogP contribution is 2.30. The Kier molecular flexibility index (Phi) is 2.66. The summed E-state index contributed by atoms with van der Waals surface area (Å²) >= 11 is 7.36. The molecule has 2 rings (SSSR count). The number of benzene rings is 1. The van der Waals surface area contributed by atoms with Gasteiger partial charge < -0.3 is 0 Å². The molecular weight excluding hydrogens is 216 g/mol. The molecule has 1 aromatic carbocycles. The van der Waals surface area contributed by atoms with E-state index in [0.29, 0.717) is 5.56 Å². The molecule has 0 amide bonds. The van der Waals surface area contributed by atoms with Crippen molar-refractivity contribution in [3.8, 4) is 10.4 Å². The van der Waals surface area contributed by atoms with Crippen molar-refractivity contribution in [2.45, 2.75) is 0 Å². The number of aldehydes is 1. The molecule has 0 atom stereocenters. The van der Waals surface area contributed by atoms with Crippen LogP contribution < -0.4 is 0 Å². The lowest BCUT2D eigenvalue weighted by atomic mass is 10.1. The van der Waals surface area contributed by atoms with Crippen molar-refractivity contribution in [1.29, 1.82) is 0 Å². The lowest BCUT2D eigenvalue weighted by Gasteiger charge is -1.96. The molecule has 3 heteroatoms. The molecule has 1 heterocycles. The molecule has 0 aliphatic rings. The van der Waals surface area contributed by atoms with E-state index in [4.69, 9.17) is 11.6 Å². The summed E-state index contributed by atoms with van der Waals surface area (Å²) in [5.41, 5.74) is 1.78. The van der Waals surface area contributed by atoms with Crippen molar-refractivity contribution in [3.05, 3.63) is 46.3 Å². The quantitative estimate of drug-likeness (QED) is 0.705. The fourth-order valence-corrected chi connectivity index (χ4v) is 2.24. The van der Waals surface area contributed by atoms with Gasteiger partial charge in [0.2, 0.25) is 0 Å². The van der Waals surface area contributed by atoms with Crippen molar-refractivity contribution < 1.29 is 4.79 Å². The summed E-state index contributed by atoms with van der Waals surface area (Å²) < 4.78 is 0.777. The van der Waals surface area contributed by atoms with Gasteiger partial charge in [-0.25, -0.2) is 0 Å². The van der Waals surface area contributed by atoms with E-state index in [-0.39, 0.29) is 0 Å². The minimum Gasteiger partial charge on any atom is -0.298 e. The molecule has 0 fully saturated rings. The third-order valence-electron chi connectivity index (χ3n) is 1.90. The van der Waals surface area contributed by atoms with E-state index in [2.05, 4.69) is 0 Å². The van der Waals surface area contributed by atoms with E-state index in [9.17, 15) is 4.79 Å². The van der Waals surface area contributed by atoms with E-state index in [0.717, 1.165) is 21.1 Å². The number of rotatable bonds is 2. The highest BCUT2D eigenvalue weighted by atomic mass is 35.5. The Balaban J connectivity index is 2.38. The second-order valence-corrected chi connectivity index (χ2v) is 4.56. The van der Waals surface area contributed by atoms with E-state index < -0.39 is 0 Å². The van der Waals surface area contributed by atoms with Crippen LogP contribution in [0.25, 0.3) is 10.4 Å². The van der Waals surface area contributed by atoms with Crippen LogP contribution >= 0.6 is 22.9 Å². The lowest BCUT2D eigenvalue weighted by Crippen LogP contribution is -1.78. The monoisotopic (exact) mass is 222 g/mol. The molecule has 2 aromatic rings. The molecule has 0 unspecified atom stereocenters. The van der Waals surface area contributed by atoms with Crippen LogP contribution in [0.1, 0.15) is 10.4 Å². The van der Waals surface area contributed by atoms with Crippen LogP contribution in [0.4, 0.5) is 0 Å². The number of carbonyl (C=O) groups is 1. The third-order valence-corrected chi connectivity index (χ3v) is 3.18. The van der Waals surface area contributed by atoms with Crippen molar-refractivity contribution in [2.24, 2.45) is 0 Å². The van der Waals surface area contributed by atoms with Gasteiger partial charge in [-0.2, -0.15) is 0 Å². The molecule has 0 spiro atoms. The standard InChI is InChI=1S/C11H7ClOS/c12-11-6-5-10(14-11)9-3-1-8(7-13)2-4-9/h1-7H. The van der Waals surface area contributed by atoms with Gasteiger partial charge in [-0.3, -0.25) is 4.79 Å². The lowest BCUT2D eigenvalue weighted by molar-refractivity contribution is 0.112. The Bertz CT molecular complexity index is 445. The fraction of sp³-hybridized carbons (Fsp3) is 0. The van der Waals surface area contributed by atoms with Gasteiger partial charge >= 0.3 is 0 Å². The van der Waals surface area contributed by atoms with E-state index in [1.54, 1.807) is 12.1 Å². The zero-order chi connectivity index (χ0) is 9.97. The summed E-state index contributed by atoms with van der Waals surface area (Å²) in [6.45, 7) is 0. The second kappa shape index (κ2) is 3.95. The maximum atomic E-state index is 10.4. The predicted octanol–water partition coefficient (Wildman–Crippen LogP) is 3.88. The van der Waals surface area contributed by atoms with Crippen molar-refractivity contribution in [3.63, 3.8) is 0 Å². The van der Waals surface area contributed by atoms with Gasteiger partial charge in [-0.15, -0.1) is 11.3 Å². The molecule has 14 heavy (non-hydrogen) atoms. The normalized spacial score (nSPS) is 10.1. The van der Waals surface area contributed by atoms with E-state index >= 15 is 0 Å². The first-order valence-electron chi connectivity index (χ1n) is 4.10. The van der Waals surface area contributed by atoms with Gasteiger partial charge in [0.05, 0.1) is 4.34 Å². The van der Waals surface area contributed by atoms with Crippen molar-refractivity contribution >= 4 is 29.2 Å². The first-order chi connectivity index (χ1) is 6.79. The van der Waals surface area contributed by atoms with Gasteiger partial charge in [0, 0.05) is 10.4 Å². The number of carbonyl (C=O) groups excluding carboxylic acids is 1. The van der Waals surface area contributed by atoms with E-state index in [1.807, 2.05) is 24.3 Å². The third kappa shape index (κ3) is 1.86. The maximum Gasteiger partial charge on any atom is 0.150 e. The number of hydrogen-bond acceptors (Lipinski definition) is 2.